The molecule has 1 atom stereocenters. The van der Waals surface area contributed by atoms with Gasteiger partial charge >= 0.3 is 0 Å². The Labute approximate surface area is 233 Å². The van der Waals surface area contributed by atoms with Crippen molar-refractivity contribution in [3.05, 3.63) is 58.7 Å². The second kappa shape index (κ2) is 12.9. The minimum atomic E-state index is -0.316. The second-order valence-corrected chi connectivity index (χ2v) is 10.6. The van der Waals surface area contributed by atoms with E-state index in [9.17, 15) is 14.4 Å². The Morgan fingerprint density at radius 1 is 1.18 bits per heavy atom. The molecule has 10 heteroatoms. The van der Waals surface area contributed by atoms with E-state index < -0.39 is 0 Å². The molecule has 39 heavy (non-hydrogen) atoms. The largest absolute Gasteiger partial charge is 0.497 e. The van der Waals surface area contributed by atoms with E-state index in [1.54, 1.807) is 36.4 Å². The summed E-state index contributed by atoms with van der Waals surface area (Å²) < 4.78 is 11.4. The highest BCUT2D eigenvalue weighted by molar-refractivity contribution is 6.31. The molecule has 2 aromatic carbocycles. The third kappa shape index (κ3) is 7.23. The van der Waals surface area contributed by atoms with Crippen LogP contribution in [0.4, 0.5) is 0 Å². The van der Waals surface area contributed by atoms with Crippen LogP contribution in [0, 0.1) is 5.92 Å². The monoisotopic (exact) mass is 554 g/mol. The van der Waals surface area contributed by atoms with Crippen LogP contribution in [0.5, 0.6) is 11.5 Å². The molecule has 3 amide bonds. The van der Waals surface area contributed by atoms with E-state index in [1.807, 2.05) is 18.2 Å². The summed E-state index contributed by atoms with van der Waals surface area (Å²) in [5, 5.41) is 7.12. The molecule has 0 saturated heterocycles. The standard InChI is InChI=1S/C29H35ClN4O5/c1-18(2)12-20-17-39-26-9-6-19(30)13-23(26)28(36)31-10-4-5-11-34(16-27(35)33-20)29(37)24-15-32-25-8-7-21(38-3)14-22(24)25/h6-9,13-15,18,20,32H,4-5,10-12,16-17H2,1-3H3,(H,31,36)(H,33,35)/t20-/m0/s1. The van der Waals surface area contributed by atoms with Gasteiger partial charge in [0, 0.05) is 35.2 Å². The number of methoxy groups -OCH3 is 1. The summed E-state index contributed by atoms with van der Waals surface area (Å²) in [6.07, 6.45) is 3.54. The van der Waals surface area contributed by atoms with Gasteiger partial charge in [-0.1, -0.05) is 25.4 Å². The number of aromatic amines is 1. The zero-order valence-electron chi connectivity index (χ0n) is 22.5. The van der Waals surface area contributed by atoms with Crippen LogP contribution in [0.15, 0.2) is 42.6 Å². The van der Waals surface area contributed by atoms with Crippen LogP contribution in [-0.4, -0.2) is 67.0 Å². The molecule has 0 radical (unpaired) electrons. The number of carbonyl (C=O) groups excluding carboxylic acids is 3. The Morgan fingerprint density at radius 3 is 2.77 bits per heavy atom. The molecular formula is C29H35ClN4O5. The lowest BCUT2D eigenvalue weighted by molar-refractivity contribution is -0.122. The van der Waals surface area contributed by atoms with Gasteiger partial charge in [0.05, 0.1) is 30.8 Å². The summed E-state index contributed by atoms with van der Waals surface area (Å²) in [5.74, 6) is 0.523. The summed E-state index contributed by atoms with van der Waals surface area (Å²) in [5.41, 5.74) is 1.62. The molecule has 1 aliphatic rings. The first-order valence-electron chi connectivity index (χ1n) is 13.2. The number of hydrogen-bond donors (Lipinski definition) is 3. The Morgan fingerprint density at radius 2 is 2.00 bits per heavy atom. The number of nitrogens with zero attached hydrogens (tertiary/aromatic N) is 1. The summed E-state index contributed by atoms with van der Waals surface area (Å²) in [6.45, 7) is 4.95. The van der Waals surface area contributed by atoms with E-state index in [-0.39, 0.29) is 42.8 Å². The van der Waals surface area contributed by atoms with Gasteiger partial charge in [0.25, 0.3) is 11.8 Å². The number of aromatic nitrogens is 1. The minimum absolute atomic E-state index is 0.0946. The van der Waals surface area contributed by atoms with Crippen LogP contribution in [0.25, 0.3) is 10.9 Å². The quantitative estimate of drug-likeness (QED) is 0.442. The Bertz CT molecular complexity index is 1340. The van der Waals surface area contributed by atoms with Crippen LogP contribution >= 0.6 is 11.6 Å². The number of ether oxygens (including phenoxy) is 2. The van der Waals surface area contributed by atoms with Gasteiger partial charge < -0.3 is 30.0 Å². The van der Waals surface area contributed by atoms with E-state index in [4.69, 9.17) is 21.1 Å². The number of H-pyrrole nitrogens is 1. The highest BCUT2D eigenvalue weighted by Gasteiger charge is 2.24. The number of hydrogen-bond acceptors (Lipinski definition) is 5. The van der Waals surface area contributed by atoms with Crippen LogP contribution in [0.1, 0.15) is 53.8 Å². The van der Waals surface area contributed by atoms with Crippen molar-refractivity contribution in [2.75, 3.05) is 33.4 Å². The van der Waals surface area contributed by atoms with Crippen molar-refractivity contribution in [2.24, 2.45) is 5.92 Å². The highest BCUT2D eigenvalue weighted by atomic mass is 35.5. The molecule has 0 spiro atoms. The first kappa shape index (κ1) is 28.3. The maximum Gasteiger partial charge on any atom is 0.256 e. The van der Waals surface area contributed by atoms with Crippen LogP contribution in [0.2, 0.25) is 5.02 Å². The lowest BCUT2D eigenvalue weighted by Crippen LogP contribution is -2.46. The molecule has 0 fully saturated rings. The number of nitrogens with one attached hydrogen (secondary N) is 3. The van der Waals surface area contributed by atoms with Gasteiger partial charge in [-0.15, -0.1) is 0 Å². The fourth-order valence-corrected chi connectivity index (χ4v) is 4.90. The zero-order valence-corrected chi connectivity index (χ0v) is 23.3. The van der Waals surface area contributed by atoms with E-state index in [0.717, 1.165) is 10.9 Å². The SMILES string of the molecule is COc1ccc2[nH]cc(C(=O)N3CCCCNC(=O)c4cc(Cl)ccc4OC[C@H](CC(C)C)NC(=O)C3)c2c1. The molecule has 1 aliphatic heterocycles. The number of carbonyl (C=O) groups is 3. The van der Waals surface area contributed by atoms with Gasteiger partial charge in [-0.3, -0.25) is 14.4 Å². The van der Waals surface area contributed by atoms with Gasteiger partial charge in [-0.2, -0.15) is 0 Å². The molecule has 0 bridgehead atoms. The molecule has 0 unspecified atom stereocenters. The van der Waals surface area contributed by atoms with Crippen molar-refractivity contribution in [3.63, 3.8) is 0 Å². The number of fused-ring (bicyclic) bond motifs is 2. The lowest BCUT2D eigenvalue weighted by Gasteiger charge is -2.25. The predicted octanol–water partition coefficient (Wildman–Crippen LogP) is 4.41. The van der Waals surface area contributed by atoms with E-state index in [1.165, 1.54) is 0 Å². The van der Waals surface area contributed by atoms with Crippen molar-refractivity contribution >= 4 is 40.2 Å². The average molecular weight is 555 g/mol. The molecular weight excluding hydrogens is 520 g/mol. The summed E-state index contributed by atoms with van der Waals surface area (Å²) in [7, 11) is 1.58. The fourth-order valence-electron chi connectivity index (χ4n) is 4.73. The fraction of sp³-hybridized carbons (Fsp3) is 0.414. The molecule has 9 nitrogen and oxygen atoms in total. The Balaban J connectivity index is 1.58. The van der Waals surface area contributed by atoms with Crippen molar-refractivity contribution in [2.45, 2.75) is 39.2 Å². The van der Waals surface area contributed by atoms with Crippen molar-refractivity contribution in [1.29, 1.82) is 0 Å². The average Bonchev–Trinajstić information content (AvgIpc) is 3.33. The number of halogens is 1. The third-order valence-electron chi connectivity index (χ3n) is 6.63. The molecule has 3 N–H and O–H groups in total. The molecule has 0 saturated carbocycles. The first-order valence-corrected chi connectivity index (χ1v) is 13.6. The summed E-state index contributed by atoms with van der Waals surface area (Å²) >= 11 is 6.16. The van der Waals surface area contributed by atoms with Gasteiger partial charge in [0.2, 0.25) is 5.91 Å². The van der Waals surface area contributed by atoms with E-state index >= 15 is 0 Å². The van der Waals surface area contributed by atoms with Crippen LogP contribution in [0.3, 0.4) is 0 Å². The summed E-state index contributed by atoms with van der Waals surface area (Å²) in [4.78, 5) is 44.5. The molecule has 1 aromatic heterocycles. The maximum absolute atomic E-state index is 13.7. The number of rotatable bonds is 4. The van der Waals surface area contributed by atoms with Gasteiger partial charge in [-0.25, -0.2) is 0 Å². The molecule has 0 aliphatic carbocycles. The molecule has 4 rings (SSSR count). The van der Waals surface area contributed by atoms with E-state index in [2.05, 4.69) is 29.5 Å². The normalized spacial score (nSPS) is 17.5. The van der Waals surface area contributed by atoms with Crippen molar-refractivity contribution in [3.8, 4) is 11.5 Å². The maximum atomic E-state index is 13.7. The number of benzene rings is 2. The van der Waals surface area contributed by atoms with Crippen LogP contribution < -0.4 is 20.1 Å². The minimum Gasteiger partial charge on any atom is -0.497 e. The zero-order chi connectivity index (χ0) is 27.9. The molecule has 2 heterocycles. The number of amides is 3. The predicted molar refractivity (Wildman–Crippen MR) is 151 cm³/mol. The highest BCUT2D eigenvalue weighted by Crippen LogP contribution is 2.26. The van der Waals surface area contributed by atoms with Crippen molar-refractivity contribution < 1.29 is 23.9 Å². The first-order chi connectivity index (χ1) is 18.7. The van der Waals surface area contributed by atoms with Crippen LogP contribution in [-0.2, 0) is 4.79 Å². The smallest absolute Gasteiger partial charge is 0.256 e. The topological polar surface area (TPSA) is 113 Å². The summed E-state index contributed by atoms with van der Waals surface area (Å²) in [6, 6.07) is 10.1. The van der Waals surface area contributed by atoms with E-state index in [0.29, 0.717) is 60.0 Å². The van der Waals surface area contributed by atoms with Crippen molar-refractivity contribution in [1.82, 2.24) is 20.5 Å². The van der Waals surface area contributed by atoms with Gasteiger partial charge in [-0.05, 0) is 61.6 Å². The Hall–Kier alpha value is -3.72. The lowest BCUT2D eigenvalue weighted by atomic mass is 10.0. The van der Waals surface area contributed by atoms with Gasteiger partial charge in [0.15, 0.2) is 0 Å². The second-order valence-electron chi connectivity index (χ2n) is 10.1. The molecule has 3 aromatic rings. The third-order valence-corrected chi connectivity index (χ3v) is 6.86. The molecule has 208 valence electrons. The Kier molecular flexibility index (Phi) is 9.35. The van der Waals surface area contributed by atoms with Gasteiger partial charge in [0.1, 0.15) is 18.1 Å².